The predicted molar refractivity (Wildman–Crippen MR) is 73.9 cm³/mol. The molecule has 0 radical (unpaired) electrons. The second-order valence-corrected chi connectivity index (χ2v) is 5.77. The van der Waals surface area contributed by atoms with Gasteiger partial charge in [-0.15, -0.1) is 0 Å². The van der Waals surface area contributed by atoms with E-state index in [9.17, 15) is 5.11 Å². The first kappa shape index (κ1) is 13.1. The van der Waals surface area contributed by atoms with Crippen LogP contribution < -0.4 is 5.32 Å². The lowest BCUT2D eigenvalue weighted by Gasteiger charge is -2.33. The molecule has 1 aromatic rings. The van der Waals surface area contributed by atoms with Crippen LogP contribution in [0.15, 0.2) is 28.7 Å². The summed E-state index contributed by atoms with van der Waals surface area (Å²) in [4.78, 5) is 0. The van der Waals surface area contributed by atoms with E-state index in [0.29, 0.717) is 0 Å². The molecule has 0 spiro atoms. The molecule has 2 rings (SSSR count). The second-order valence-electron chi connectivity index (χ2n) is 4.86. The molecule has 2 nitrogen and oxygen atoms in total. The highest BCUT2D eigenvalue weighted by Crippen LogP contribution is 2.28. The molecular weight excluding hydrogens is 278 g/mol. The van der Waals surface area contributed by atoms with Crippen LogP contribution in [0.3, 0.4) is 0 Å². The van der Waals surface area contributed by atoms with Crippen LogP contribution in [0.25, 0.3) is 0 Å². The van der Waals surface area contributed by atoms with E-state index in [-0.39, 0.29) is 6.04 Å². The van der Waals surface area contributed by atoms with Crippen molar-refractivity contribution < 1.29 is 5.11 Å². The van der Waals surface area contributed by atoms with Crippen molar-refractivity contribution in [2.24, 2.45) is 5.92 Å². The van der Waals surface area contributed by atoms with Gasteiger partial charge in [0.05, 0.1) is 6.10 Å². The number of benzene rings is 1. The molecule has 1 heterocycles. The van der Waals surface area contributed by atoms with Crippen molar-refractivity contribution in [3.63, 3.8) is 0 Å². The van der Waals surface area contributed by atoms with Gasteiger partial charge in [0, 0.05) is 10.5 Å². The lowest BCUT2D eigenvalue weighted by molar-refractivity contribution is 0.0979. The number of rotatable bonds is 3. The van der Waals surface area contributed by atoms with Gasteiger partial charge >= 0.3 is 0 Å². The quantitative estimate of drug-likeness (QED) is 0.897. The van der Waals surface area contributed by atoms with Gasteiger partial charge in [-0.2, -0.15) is 0 Å². The van der Waals surface area contributed by atoms with Crippen molar-refractivity contribution in [1.29, 1.82) is 0 Å². The highest BCUT2D eigenvalue weighted by molar-refractivity contribution is 9.10. The Hall–Kier alpha value is -0.380. The number of hydrogen-bond donors (Lipinski definition) is 2. The molecule has 3 heteroatoms. The Morgan fingerprint density at radius 2 is 2.12 bits per heavy atom. The molecule has 0 saturated carbocycles. The van der Waals surface area contributed by atoms with E-state index in [1.165, 1.54) is 12.8 Å². The van der Waals surface area contributed by atoms with Gasteiger partial charge in [0.1, 0.15) is 0 Å². The minimum absolute atomic E-state index is 0.204. The zero-order valence-electron chi connectivity index (χ0n) is 10.2. The molecule has 0 aromatic heterocycles. The third kappa shape index (κ3) is 3.30. The molecule has 2 N–H and O–H groups in total. The SMILES string of the molecule is CCC1CCNC(C(O)c2ccc(Br)cc2)C1. The van der Waals surface area contributed by atoms with Crippen LogP contribution in [0.5, 0.6) is 0 Å². The van der Waals surface area contributed by atoms with Crippen LogP contribution in [-0.4, -0.2) is 17.7 Å². The molecule has 17 heavy (non-hydrogen) atoms. The minimum Gasteiger partial charge on any atom is -0.387 e. The Morgan fingerprint density at radius 3 is 2.76 bits per heavy atom. The van der Waals surface area contributed by atoms with E-state index >= 15 is 0 Å². The highest BCUT2D eigenvalue weighted by Gasteiger charge is 2.26. The fourth-order valence-electron chi connectivity index (χ4n) is 2.54. The van der Waals surface area contributed by atoms with E-state index in [1.807, 2.05) is 24.3 Å². The first-order chi connectivity index (χ1) is 8.20. The fraction of sp³-hybridized carbons (Fsp3) is 0.571. The second kappa shape index (κ2) is 5.98. The number of aliphatic hydroxyl groups is 1. The number of nitrogens with one attached hydrogen (secondary N) is 1. The summed E-state index contributed by atoms with van der Waals surface area (Å²) in [6, 6.07) is 8.16. The summed E-state index contributed by atoms with van der Waals surface area (Å²) in [5, 5.41) is 13.8. The van der Waals surface area contributed by atoms with Crippen molar-refractivity contribution in [3.05, 3.63) is 34.3 Å². The van der Waals surface area contributed by atoms with Gasteiger partial charge in [-0.1, -0.05) is 41.4 Å². The summed E-state index contributed by atoms with van der Waals surface area (Å²) in [5.74, 6) is 0.756. The molecule has 94 valence electrons. The number of hydrogen-bond acceptors (Lipinski definition) is 2. The van der Waals surface area contributed by atoms with Crippen LogP contribution in [0.2, 0.25) is 0 Å². The Labute approximate surface area is 112 Å². The number of aliphatic hydroxyl groups excluding tert-OH is 1. The maximum Gasteiger partial charge on any atom is 0.0943 e. The molecule has 0 amide bonds. The molecule has 0 aliphatic carbocycles. The normalized spacial score (nSPS) is 26.8. The maximum atomic E-state index is 10.4. The molecule has 1 aliphatic rings. The summed E-state index contributed by atoms with van der Waals surface area (Å²) >= 11 is 3.41. The fourth-order valence-corrected chi connectivity index (χ4v) is 2.80. The van der Waals surface area contributed by atoms with E-state index in [4.69, 9.17) is 0 Å². The van der Waals surface area contributed by atoms with Gasteiger partial charge in [-0.3, -0.25) is 0 Å². The zero-order chi connectivity index (χ0) is 12.3. The van der Waals surface area contributed by atoms with Crippen LogP contribution >= 0.6 is 15.9 Å². The van der Waals surface area contributed by atoms with E-state index in [0.717, 1.165) is 28.9 Å². The zero-order valence-corrected chi connectivity index (χ0v) is 11.8. The Bertz CT molecular complexity index is 352. The van der Waals surface area contributed by atoms with E-state index < -0.39 is 6.10 Å². The van der Waals surface area contributed by atoms with Crippen LogP contribution in [0.4, 0.5) is 0 Å². The van der Waals surface area contributed by atoms with Gasteiger partial charge in [0.25, 0.3) is 0 Å². The highest BCUT2D eigenvalue weighted by atomic mass is 79.9. The molecule has 0 bridgehead atoms. The maximum absolute atomic E-state index is 10.4. The monoisotopic (exact) mass is 297 g/mol. The first-order valence-electron chi connectivity index (χ1n) is 6.37. The summed E-state index contributed by atoms with van der Waals surface area (Å²) in [5.41, 5.74) is 1.00. The lowest BCUT2D eigenvalue weighted by atomic mass is 9.86. The van der Waals surface area contributed by atoms with Crippen LogP contribution in [-0.2, 0) is 0 Å². The van der Waals surface area contributed by atoms with E-state index in [2.05, 4.69) is 28.2 Å². The standard InChI is InChI=1S/C14H20BrNO/c1-2-10-7-8-16-13(9-10)14(17)11-3-5-12(15)6-4-11/h3-6,10,13-14,16-17H,2,7-9H2,1H3. The Kier molecular flexibility index (Phi) is 4.60. The minimum atomic E-state index is -0.391. The van der Waals surface area contributed by atoms with Crippen molar-refractivity contribution in [2.45, 2.75) is 38.3 Å². The van der Waals surface area contributed by atoms with Crippen molar-refractivity contribution >= 4 is 15.9 Å². The number of halogens is 1. The Morgan fingerprint density at radius 1 is 1.41 bits per heavy atom. The average molecular weight is 298 g/mol. The van der Waals surface area contributed by atoms with Crippen LogP contribution in [0, 0.1) is 5.92 Å². The van der Waals surface area contributed by atoms with Gasteiger partial charge in [-0.05, 0) is 43.0 Å². The van der Waals surface area contributed by atoms with Crippen molar-refractivity contribution in [1.82, 2.24) is 5.32 Å². The van der Waals surface area contributed by atoms with Crippen molar-refractivity contribution in [3.8, 4) is 0 Å². The number of piperidine rings is 1. The Balaban J connectivity index is 2.03. The molecule has 1 aliphatic heterocycles. The first-order valence-corrected chi connectivity index (χ1v) is 7.17. The molecule has 1 aromatic carbocycles. The average Bonchev–Trinajstić information content (AvgIpc) is 2.39. The van der Waals surface area contributed by atoms with Gasteiger partial charge in [-0.25, -0.2) is 0 Å². The summed E-state index contributed by atoms with van der Waals surface area (Å²) in [6.07, 6.45) is 3.14. The lowest BCUT2D eigenvalue weighted by Crippen LogP contribution is -2.42. The van der Waals surface area contributed by atoms with Gasteiger partial charge < -0.3 is 10.4 Å². The summed E-state index contributed by atoms with van der Waals surface area (Å²) in [6.45, 7) is 3.26. The summed E-state index contributed by atoms with van der Waals surface area (Å²) < 4.78 is 1.05. The topological polar surface area (TPSA) is 32.3 Å². The van der Waals surface area contributed by atoms with Crippen LogP contribution in [0.1, 0.15) is 37.9 Å². The molecule has 3 atom stereocenters. The largest absolute Gasteiger partial charge is 0.387 e. The van der Waals surface area contributed by atoms with Gasteiger partial charge in [0.15, 0.2) is 0 Å². The van der Waals surface area contributed by atoms with Gasteiger partial charge in [0.2, 0.25) is 0 Å². The third-order valence-corrected chi connectivity index (χ3v) is 4.25. The smallest absolute Gasteiger partial charge is 0.0943 e. The summed E-state index contributed by atoms with van der Waals surface area (Å²) in [7, 11) is 0. The molecule has 1 saturated heterocycles. The van der Waals surface area contributed by atoms with Crippen molar-refractivity contribution in [2.75, 3.05) is 6.54 Å². The predicted octanol–water partition coefficient (Wildman–Crippen LogP) is 3.26. The molecule has 3 unspecified atom stereocenters. The molecular formula is C14H20BrNO. The van der Waals surface area contributed by atoms with E-state index in [1.54, 1.807) is 0 Å². The third-order valence-electron chi connectivity index (χ3n) is 3.72. The molecule has 1 fully saturated rings.